The molecular weight excluding hydrogens is 292 g/mol. The largest absolute Gasteiger partial charge is 0.346 e. The van der Waals surface area contributed by atoms with Crippen molar-refractivity contribution in [1.82, 2.24) is 14.9 Å². The van der Waals surface area contributed by atoms with Crippen molar-refractivity contribution >= 4 is 16.5 Å². The Morgan fingerprint density at radius 3 is 2.55 bits per heavy atom. The number of aromatic nitrogens is 2. The average Bonchev–Trinajstić information content (AvgIpc) is 3.00. The first-order valence-electron chi connectivity index (χ1n) is 8.23. The minimum atomic E-state index is 1.03. The molecule has 22 heavy (non-hydrogen) atoms. The molecule has 1 aliphatic carbocycles. The third kappa shape index (κ3) is 3.01. The van der Waals surface area contributed by atoms with Gasteiger partial charge in [0.15, 0.2) is 5.13 Å². The second kappa shape index (κ2) is 6.34. The number of rotatable bonds is 3. The highest BCUT2D eigenvalue weighted by Crippen LogP contribution is 2.32. The smallest absolute Gasteiger partial charge is 0.185 e. The highest BCUT2D eigenvalue weighted by molar-refractivity contribution is 7.15. The van der Waals surface area contributed by atoms with E-state index in [1.807, 2.05) is 23.7 Å². The van der Waals surface area contributed by atoms with Crippen LogP contribution in [0.2, 0.25) is 0 Å². The fourth-order valence-electron chi connectivity index (χ4n) is 3.32. The van der Waals surface area contributed by atoms with Crippen LogP contribution in [0, 0.1) is 0 Å². The molecule has 2 aromatic rings. The molecule has 0 aromatic carbocycles. The van der Waals surface area contributed by atoms with Crippen LogP contribution in [0.3, 0.4) is 0 Å². The van der Waals surface area contributed by atoms with Gasteiger partial charge >= 0.3 is 0 Å². The number of nitrogens with zero attached hydrogens (tertiary/aromatic N) is 4. The molecule has 1 saturated heterocycles. The zero-order chi connectivity index (χ0) is 14.8. The van der Waals surface area contributed by atoms with Gasteiger partial charge in [-0.3, -0.25) is 9.88 Å². The molecule has 3 heterocycles. The van der Waals surface area contributed by atoms with E-state index in [2.05, 4.69) is 26.9 Å². The molecule has 0 bridgehead atoms. The summed E-state index contributed by atoms with van der Waals surface area (Å²) in [5, 5.41) is 1.26. The molecule has 0 unspecified atom stereocenters. The maximum absolute atomic E-state index is 4.90. The Hall–Kier alpha value is -1.46. The molecule has 2 aliphatic rings. The first kappa shape index (κ1) is 14.2. The summed E-state index contributed by atoms with van der Waals surface area (Å²) in [6.07, 6.45) is 8.85. The summed E-state index contributed by atoms with van der Waals surface area (Å²) in [6.45, 7) is 5.46. The number of anilines is 1. The Bertz CT molecular complexity index is 593. The zero-order valence-corrected chi connectivity index (χ0v) is 13.7. The minimum Gasteiger partial charge on any atom is -0.346 e. The highest BCUT2D eigenvalue weighted by Gasteiger charge is 2.22. The van der Waals surface area contributed by atoms with Gasteiger partial charge in [0.2, 0.25) is 0 Å². The molecule has 0 spiro atoms. The van der Waals surface area contributed by atoms with Crippen molar-refractivity contribution in [2.45, 2.75) is 32.2 Å². The lowest BCUT2D eigenvalue weighted by atomic mass is 10.0. The van der Waals surface area contributed by atoms with Crippen molar-refractivity contribution in [1.29, 1.82) is 0 Å². The zero-order valence-electron chi connectivity index (χ0n) is 12.9. The predicted octanol–water partition coefficient (Wildman–Crippen LogP) is 2.74. The van der Waals surface area contributed by atoms with Crippen molar-refractivity contribution < 1.29 is 0 Å². The van der Waals surface area contributed by atoms with Gasteiger partial charge in [0, 0.05) is 50.0 Å². The summed E-state index contributed by atoms with van der Waals surface area (Å²) in [6, 6.07) is 4.22. The molecule has 0 radical (unpaired) electrons. The number of pyridine rings is 1. The van der Waals surface area contributed by atoms with Crippen molar-refractivity contribution in [3.63, 3.8) is 0 Å². The Labute approximate surface area is 135 Å². The molecule has 1 fully saturated rings. The van der Waals surface area contributed by atoms with Gasteiger partial charge in [-0.1, -0.05) is 0 Å². The lowest BCUT2D eigenvalue weighted by molar-refractivity contribution is 0.249. The van der Waals surface area contributed by atoms with E-state index in [4.69, 9.17) is 4.98 Å². The van der Waals surface area contributed by atoms with Crippen LogP contribution in [0.1, 0.15) is 29.0 Å². The van der Waals surface area contributed by atoms with Crippen LogP contribution >= 0.6 is 11.3 Å². The van der Waals surface area contributed by atoms with Gasteiger partial charge in [-0.2, -0.15) is 0 Å². The van der Waals surface area contributed by atoms with Gasteiger partial charge in [0.1, 0.15) is 0 Å². The van der Waals surface area contributed by atoms with Crippen molar-refractivity contribution in [3.05, 3.63) is 40.7 Å². The number of hydrogen-bond acceptors (Lipinski definition) is 5. The topological polar surface area (TPSA) is 32.3 Å². The second-order valence-corrected chi connectivity index (χ2v) is 7.25. The molecule has 0 saturated carbocycles. The van der Waals surface area contributed by atoms with Crippen LogP contribution in [0.5, 0.6) is 0 Å². The molecular formula is C17H22N4S. The molecule has 2 aromatic heterocycles. The van der Waals surface area contributed by atoms with Crippen LogP contribution in [0.15, 0.2) is 24.5 Å². The third-order valence-corrected chi connectivity index (χ3v) is 5.85. The van der Waals surface area contributed by atoms with E-state index in [9.17, 15) is 0 Å². The van der Waals surface area contributed by atoms with Crippen molar-refractivity contribution in [2.75, 3.05) is 31.1 Å². The summed E-state index contributed by atoms with van der Waals surface area (Å²) in [5.41, 5.74) is 2.73. The van der Waals surface area contributed by atoms with E-state index in [0.717, 1.165) is 32.7 Å². The van der Waals surface area contributed by atoms with E-state index in [0.29, 0.717) is 0 Å². The lowest BCUT2D eigenvalue weighted by Crippen LogP contribution is -2.45. The maximum Gasteiger partial charge on any atom is 0.185 e. The number of piperazine rings is 1. The molecule has 4 rings (SSSR count). The summed E-state index contributed by atoms with van der Waals surface area (Å²) in [4.78, 5) is 15.5. The summed E-state index contributed by atoms with van der Waals surface area (Å²) in [7, 11) is 0. The summed E-state index contributed by atoms with van der Waals surface area (Å²) in [5.74, 6) is 0. The fourth-order valence-corrected chi connectivity index (χ4v) is 4.52. The Morgan fingerprint density at radius 1 is 1.00 bits per heavy atom. The van der Waals surface area contributed by atoms with Crippen LogP contribution in [0.4, 0.5) is 5.13 Å². The molecule has 4 nitrogen and oxygen atoms in total. The van der Waals surface area contributed by atoms with E-state index in [-0.39, 0.29) is 0 Å². The van der Waals surface area contributed by atoms with Gasteiger partial charge in [-0.15, -0.1) is 11.3 Å². The third-order valence-electron chi connectivity index (χ3n) is 4.63. The molecule has 116 valence electrons. The van der Waals surface area contributed by atoms with Crippen LogP contribution in [-0.4, -0.2) is 41.0 Å². The van der Waals surface area contributed by atoms with Crippen LogP contribution < -0.4 is 4.90 Å². The Balaban J connectivity index is 1.36. The van der Waals surface area contributed by atoms with Gasteiger partial charge in [0.05, 0.1) is 5.69 Å². The van der Waals surface area contributed by atoms with Gasteiger partial charge in [-0.25, -0.2) is 4.98 Å². The van der Waals surface area contributed by atoms with Gasteiger partial charge in [-0.05, 0) is 43.4 Å². The van der Waals surface area contributed by atoms with E-state index < -0.39 is 0 Å². The van der Waals surface area contributed by atoms with E-state index >= 15 is 0 Å². The van der Waals surface area contributed by atoms with E-state index in [1.54, 1.807) is 4.88 Å². The average molecular weight is 314 g/mol. The SMILES string of the molecule is c1cc(CN2CCN(c3nc4c(s3)CCCC4)CC2)ccn1. The van der Waals surface area contributed by atoms with Crippen molar-refractivity contribution in [3.8, 4) is 0 Å². The number of hydrogen-bond donors (Lipinski definition) is 0. The molecule has 0 atom stereocenters. The highest BCUT2D eigenvalue weighted by atomic mass is 32.1. The Kier molecular flexibility index (Phi) is 4.08. The van der Waals surface area contributed by atoms with Crippen LogP contribution in [-0.2, 0) is 19.4 Å². The predicted molar refractivity (Wildman–Crippen MR) is 90.5 cm³/mol. The Morgan fingerprint density at radius 2 is 1.77 bits per heavy atom. The standard InChI is InChI=1S/C17H22N4S/c1-2-4-16-15(3-1)19-17(22-16)21-11-9-20(10-12-21)13-14-5-7-18-8-6-14/h5-8H,1-4,9-13H2. The number of thiazole rings is 1. The molecule has 5 heteroatoms. The second-order valence-electron chi connectivity index (χ2n) is 6.19. The number of fused-ring (bicyclic) bond motifs is 1. The first-order valence-corrected chi connectivity index (χ1v) is 9.05. The normalized spacial score (nSPS) is 19.2. The first-order chi connectivity index (χ1) is 10.9. The quantitative estimate of drug-likeness (QED) is 0.872. The lowest BCUT2D eigenvalue weighted by Gasteiger charge is -2.34. The van der Waals surface area contributed by atoms with Gasteiger partial charge in [0.25, 0.3) is 0 Å². The number of aryl methyl sites for hydroxylation is 2. The maximum atomic E-state index is 4.90. The monoisotopic (exact) mass is 314 g/mol. The molecule has 0 amide bonds. The van der Waals surface area contributed by atoms with Gasteiger partial charge < -0.3 is 4.90 Å². The molecule has 0 N–H and O–H groups in total. The summed E-state index contributed by atoms with van der Waals surface area (Å²) < 4.78 is 0. The fraction of sp³-hybridized carbons (Fsp3) is 0.529. The summed E-state index contributed by atoms with van der Waals surface area (Å²) >= 11 is 1.94. The molecule has 1 aliphatic heterocycles. The van der Waals surface area contributed by atoms with E-state index in [1.165, 1.54) is 42.1 Å². The van der Waals surface area contributed by atoms with Crippen molar-refractivity contribution in [2.24, 2.45) is 0 Å². The van der Waals surface area contributed by atoms with Crippen LogP contribution in [0.25, 0.3) is 0 Å². The minimum absolute atomic E-state index is 1.03.